The van der Waals surface area contributed by atoms with E-state index in [-0.39, 0.29) is 12.4 Å². The summed E-state index contributed by atoms with van der Waals surface area (Å²) in [6, 6.07) is 4.55. The van der Waals surface area contributed by atoms with E-state index in [1.165, 1.54) is 12.1 Å². The van der Waals surface area contributed by atoms with E-state index < -0.39 is 0 Å². The van der Waals surface area contributed by atoms with Gasteiger partial charge in [0.2, 0.25) is 0 Å². The number of hydrogen-bond donors (Lipinski definition) is 1. The molecule has 17 heavy (non-hydrogen) atoms. The highest BCUT2D eigenvalue weighted by molar-refractivity contribution is 5.37. The zero-order chi connectivity index (χ0) is 12.3. The van der Waals surface area contributed by atoms with Crippen LogP contribution in [-0.2, 0) is 13.0 Å². The predicted molar refractivity (Wildman–Crippen MR) is 63.4 cm³/mol. The molecule has 0 spiro atoms. The number of aliphatic hydroxyl groups excluding tert-OH is 1. The Hall–Kier alpha value is -1.68. The summed E-state index contributed by atoms with van der Waals surface area (Å²) in [7, 11) is 0. The van der Waals surface area contributed by atoms with Crippen molar-refractivity contribution in [3.63, 3.8) is 0 Å². The predicted octanol–water partition coefficient (Wildman–Crippen LogP) is 2.46. The van der Waals surface area contributed by atoms with Gasteiger partial charge in [-0.05, 0) is 30.2 Å². The maximum absolute atomic E-state index is 13.4. The van der Waals surface area contributed by atoms with E-state index in [9.17, 15) is 4.39 Å². The van der Waals surface area contributed by atoms with Gasteiger partial charge in [-0.15, -0.1) is 0 Å². The van der Waals surface area contributed by atoms with Crippen LogP contribution in [0.25, 0.3) is 5.69 Å². The molecule has 2 aromatic rings. The topological polar surface area (TPSA) is 38.0 Å². The lowest BCUT2D eigenvalue weighted by atomic mass is 10.2. The van der Waals surface area contributed by atoms with Crippen LogP contribution < -0.4 is 0 Å². The second-order valence-corrected chi connectivity index (χ2v) is 3.94. The molecule has 0 amide bonds. The number of nitrogens with zero attached hydrogens (tertiary/aromatic N) is 2. The molecule has 1 N–H and O–H groups in total. The summed E-state index contributed by atoms with van der Waals surface area (Å²) < 4.78 is 15.2. The third kappa shape index (κ3) is 2.53. The Kier molecular flexibility index (Phi) is 3.54. The number of rotatable bonds is 4. The number of aromatic nitrogens is 2. The zero-order valence-electron chi connectivity index (χ0n) is 9.73. The molecule has 3 nitrogen and oxygen atoms in total. The van der Waals surface area contributed by atoms with Gasteiger partial charge in [-0.1, -0.05) is 6.92 Å². The fourth-order valence-corrected chi connectivity index (χ4v) is 1.84. The fraction of sp³-hybridized carbons (Fsp3) is 0.308. The maximum Gasteiger partial charge on any atom is 0.125 e. The second kappa shape index (κ2) is 5.10. The Labute approximate surface area is 99.5 Å². The standard InChI is InChI=1S/C13H15FN2O/c1-2-3-13-15-4-5-16(13)12-7-10(9-17)6-11(14)8-12/h4-8,17H,2-3,9H2,1H3. The smallest absolute Gasteiger partial charge is 0.125 e. The molecule has 0 saturated heterocycles. The van der Waals surface area contributed by atoms with Crippen molar-refractivity contribution in [1.29, 1.82) is 0 Å². The molecular formula is C13H15FN2O. The van der Waals surface area contributed by atoms with Crippen LogP contribution in [0, 0.1) is 5.82 Å². The van der Waals surface area contributed by atoms with Crippen LogP contribution in [0.5, 0.6) is 0 Å². The number of benzene rings is 1. The normalized spacial score (nSPS) is 10.8. The van der Waals surface area contributed by atoms with E-state index in [4.69, 9.17) is 5.11 Å². The van der Waals surface area contributed by atoms with Crippen molar-refractivity contribution in [1.82, 2.24) is 9.55 Å². The highest BCUT2D eigenvalue weighted by atomic mass is 19.1. The number of aliphatic hydroxyl groups is 1. The number of hydrogen-bond acceptors (Lipinski definition) is 2. The third-order valence-electron chi connectivity index (χ3n) is 2.59. The monoisotopic (exact) mass is 234 g/mol. The van der Waals surface area contributed by atoms with Gasteiger partial charge in [0.25, 0.3) is 0 Å². The van der Waals surface area contributed by atoms with Crippen LogP contribution in [-0.4, -0.2) is 14.7 Å². The van der Waals surface area contributed by atoms with E-state index in [1.807, 2.05) is 4.57 Å². The largest absolute Gasteiger partial charge is 0.392 e. The minimum absolute atomic E-state index is 0.164. The Morgan fingerprint density at radius 3 is 2.88 bits per heavy atom. The quantitative estimate of drug-likeness (QED) is 0.882. The van der Waals surface area contributed by atoms with Crippen molar-refractivity contribution in [3.8, 4) is 5.69 Å². The van der Waals surface area contributed by atoms with Gasteiger partial charge in [-0.25, -0.2) is 9.37 Å². The molecule has 2 rings (SSSR count). The van der Waals surface area contributed by atoms with Crippen LogP contribution in [0.1, 0.15) is 24.7 Å². The van der Waals surface area contributed by atoms with Gasteiger partial charge in [0.1, 0.15) is 11.6 Å². The van der Waals surface area contributed by atoms with Crippen LogP contribution in [0.2, 0.25) is 0 Å². The minimum atomic E-state index is -0.345. The van der Waals surface area contributed by atoms with Gasteiger partial charge in [0, 0.05) is 24.5 Å². The number of aryl methyl sites for hydroxylation is 1. The highest BCUT2D eigenvalue weighted by Crippen LogP contribution is 2.16. The van der Waals surface area contributed by atoms with Crippen LogP contribution in [0.4, 0.5) is 4.39 Å². The van der Waals surface area contributed by atoms with Crippen LogP contribution >= 0.6 is 0 Å². The van der Waals surface area contributed by atoms with E-state index in [0.717, 1.165) is 18.7 Å². The van der Waals surface area contributed by atoms with Crippen molar-refractivity contribution in [2.75, 3.05) is 0 Å². The van der Waals surface area contributed by atoms with Gasteiger partial charge in [0.05, 0.1) is 6.61 Å². The van der Waals surface area contributed by atoms with Crippen molar-refractivity contribution in [2.45, 2.75) is 26.4 Å². The molecule has 0 bridgehead atoms. The summed E-state index contributed by atoms with van der Waals surface area (Å²) in [5.41, 5.74) is 1.27. The Bertz CT molecular complexity index is 508. The molecule has 0 aliphatic heterocycles. The minimum Gasteiger partial charge on any atom is -0.392 e. The average Bonchev–Trinajstić information content (AvgIpc) is 2.77. The van der Waals surface area contributed by atoms with E-state index in [1.54, 1.807) is 18.5 Å². The summed E-state index contributed by atoms with van der Waals surface area (Å²) in [6.45, 7) is 1.91. The van der Waals surface area contributed by atoms with Gasteiger partial charge < -0.3 is 9.67 Å². The van der Waals surface area contributed by atoms with Crippen LogP contribution in [0.3, 0.4) is 0 Å². The first-order valence-electron chi connectivity index (χ1n) is 5.67. The molecule has 0 aliphatic rings. The summed E-state index contributed by atoms with van der Waals surface area (Å²) in [5, 5.41) is 9.07. The lowest BCUT2D eigenvalue weighted by Gasteiger charge is -2.09. The molecular weight excluding hydrogens is 219 g/mol. The second-order valence-electron chi connectivity index (χ2n) is 3.94. The Morgan fingerprint density at radius 2 is 2.18 bits per heavy atom. The molecule has 0 aliphatic carbocycles. The molecule has 1 aromatic carbocycles. The first-order valence-corrected chi connectivity index (χ1v) is 5.67. The number of halogens is 1. The Balaban J connectivity index is 2.44. The molecule has 0 saturated carbocycles. The van der Waals surface area contributed by atoms with E-state index in [0.29, 0.717) is 11.3 Å². The molecule has 90 valence electrons. The Morgan fingerprint density at radius 1 is 1.35 bits per heavy atom. The molecule has 1 heterocycles. The van der Waals surface area contributed by atoms with Crippen molar-refractivity contribution >= 4 is 0 Å². The van der Waals surface area contributed by atoms with Gasteiger partial charge in [-0.2, -0.15) is 0 Å². The van der Waals surface area contributed by atoms with Crippen LogP contribution in [0.15, 0.2) is 30.6 Å². The molecule has 1 aromatic heterocycles. The first-order chi connectivity index (χ1) is 8.24. The summed E-state index contributed by atoms with van der Waals surface area (Å²) in [6.07, 6.45) is 5.34. The van der Waals surface area contributed by atoms with Crippen molar-refractivity contribution < 1.29 is 9.50 Å². The van der Waals surface area contributed by atoms with Crippen molar-refractivity contribution in [2.24, 2.45) is 0 Å². The van der Waals surface area contributed by atoms with Crippen molar-refractivity contribution in [3.05, 3.63) is 47.8 Å². The lowest BCUT2D eigenvalue weighted by Crippen LogP contribution is -2.01. The van der Waals surface area contributed by atoms with Gasteiger partial charge >= 0.3 is 0 Å². The molecule has 0 radical (unpaired) electrons. The highest BCUT2D eigenvalue weighted by Gasteiger charge is 2.06. The van der Waals surface area contributed by atoms with Gasteiger partial charge in [-0.3, -0.25) is 0 Å². The lowest BCUT2D eigenvalue weighted by molar-refractivity contribution is 0.281. The molecule has 4 heteroatoms. The first kappa shape index (κ1) is 11.8. The summed E-state index contributed by atoms with van der Waals surface area (Å²) in [4.78, 5) is 4.25. The molecule has 0 atom stereocenters. The zero-order valence-corrected chi connectivity index (χ0v) is 9.73. The summed E-state index contributed by atoms with van der Waals surface area (Å²) in [5.74, 6) is 0.560. The van der Waals surface area contributed by atoms with E-state index in [2.05, 4.69) is 11.9 Å². The number of imidazole rings is 1. The average molecular weight is 234 g/mol. The summed E-state index contributed by atoms with van der Waals surface area (Å²) >= 11 is 0. The third-order valence-corrected chi connectivity index (χ3v) is 2.59. The SMILES string of the molecule is CCCc1nccn1-c1cc(F)cc(CO)c1. The fourth-order valence-electron chi connectivity index (χ4n) is 1.84. The van der Waals surface area contributed by atoms with Gasteiger partial charge in [0.15, 0.2) is 0 Å². The molecule has 0 fully saturated rings. The molecule has 0 unspecified atom stereocenters. The maximum atomic E-state index is 13.4. The van der Waals surface area contributed by atoms with E-state index >= 15 is 0 Å².